The van der Waals surface area contributed by atoms with Gasteiger partial charge in [-0.3, -0.25) is 18.6 Å². The van der Waals surface area contributed by atoms with Crippen molar-refractivity contribution in [3.63, 3.8) is 0 Å². The molecule has 0 aromatic heterocycles. The predicted octanol–water partition coefficient (Wildman–Crippen LogP) is 8.97. The minimum Gasteiger partial charge on any atom is -0.462 e. The van der Waals surface area contributed by atoms with Crippen LogP contribution >= 0.6 is 7.82 Å². The largest absolute Gasteiger partial charge is 0.472 e. The lowest BCUT2D eigenvalue weighted by Gasteiger charge is -2.20. The Morgan fingerprint density at radius 3 is 1.77 bits per heavy atom. The van der Waals surface area contributed by atoms with Crippen LogP contribution in [0, 0.1) is 0 Å². The smallest absolute Gasteiger partial charge is 0.462 e. The monoisotopic (exact) mass is 760 g/mol. The quantitative estimate of drug-likeness (QED) is 0.0157. The number of carbonyl (C=O) groups is 2. The van der Waals surface area contributed by atoms with E-state index in [0.717, 1.165) is 57.8 Å². The Morgan fingerprint density at radius 2 is 1.19 bits per heavy atom. The number of unbranched alkanes of at least 4 members (excludes halogenated alkanes) is 17. The molecule has 0 aliphatic heterocycles. The van der Waals surface area contributed by atoms with Crippen LogP contribution in [0.25, 0.3) is 0 Å². The van der Waals surface area contributed by atoms with Gasteiger partial charge in [-0.25, -0.2) is 4.57 Å². The van der Waals surface area contributed by atoms with Crippen molar-refractivity contribution in [2.45, 2.75) is 180 Å². The highest BCUT2D eigenvalue weighted by atomic mass is 31.2. The molecular weight excluding hydrogens is 687 g/mol. The van der Waals surface area contributed by atoms with Crippen molar-refractivity contribution in [3.8, 4) is 0 Å². The molecule has 0 heterocycles. The number of rotatable bonds is 37. The van der Waals surface area contributed by atoms with Crippen LogP contribution in [0.1, 0.15) is 162 Å². The van der Waals surface area contributed by atoms with Crippen molar-refractivity contribution >= 4 is 19.8 Å². The van der Waals surface area contributed by atoms with Crippen LogP contribution in [0.3, 0.4) is 0 Å². The van der Waals surface area contributed by atoms with E-state index in [4.69, 9.17) is 19.1 Å². The summed E-state index contributed by atoms with van der Waals surface area (Å²) in [5.41, 5.74) is 0. The molecule has 0 aliphatic rings. The number of carbonyl (C=O) groups excluding carboxylic acids is 2. The van der Waals surface area contributed by atoms with E-state index in [1.807, 2.05) is 24.3 Å². The highest BCUT2D eigenvalue weighted by Gasteiger charge is 2.27. The van der Waals surface area contributed by atoms with Crippen LogP contribution < -0.4 is 0 Å². The Kier molecular flexibility index (Phi) is 34.9. The van der Waals surface area contributed by atoms with Crippen molar-refractivity contribution in [2.24, 2.45) is 0 Å². The Morgan fingerprint density at radius 1 is 0.654 bits per heavy atom. The summed E-state index contributed by atoms with van der Waals surface area (Å²) < 4.78 is 32.6. The number of aliphatic hydroxyl groups is 3. The summed E-state index contributed by atoms with van der Waals surface area (Å²) in [6, 6.07) is 0. The van der Waals surface area contributed by atoms with E-state index in [1.54, 1.807) is 6.08 Å². The van der Waals surface area contributed by atoms with Crippen LogP contribution in [0.4, 0.5) is 0 Å². The molecule has 0 aromatic carbocycles. The van der Waals surface area contributed by atoms with Crippen molar-refractivity contribution in [1.82, 2.24) is 0 Å². The molecule has 0 rings (SSSR count). The van der Waals surface area contributed by atoms with Gasteiger partial charge in [0, 0.05) is 12.8 Å². The van der Waals surface area contributed by atoms with Crippen LogP contribution in [-0.2, 0) is 32.7 Å². The van der Waals surface area contributed by atoms with Gasteiger partial charge in [0.2, 0.25) is 0 Å². The molecule has 0 bridgehead atoms. The Labute approximate surface area is 314 Å². The fourth-order valence-electron chi connectivity index (χ4n) is 5.26. The van der Waals surface area contributed by atoms with Crippen molar-refractivity contribution in [3.05, 3.63) is 36.5 Å². The molecule has 0 fully saturated rings. The highest BCUT2D eigenvalue weighted by Crippen LogP contribution is 2.43. The van der Waals surface area contributed by atoms with E-state index in [0.29, 0.717) is 19.3 Å². The third-order valence-corrected chi connectivity index (χ3v) is 9.34. The second-order valence-corrected chi connectivity index (χ2v) is 14.9. The third-order valence-electron chi connectivity index (χ3n) is 8.39. The molecule has 4 N–H and O–H groups in total. The Bertz CT molecular complexity index is 985. The van der Waals surface area contributed by atoms with E-state index >= 15 is 0 Å². The summed E-state index contributed by atoms with van der Waals surface area (Å²) in [4.78, 5) is 34.9. The summed E-state index contributed by atoms with van der Waals surface area (Å²) in [7, 11) is -4.63. The first-order chi connectivity index (χ1) is 25.1. The minimum absolute atomic E-state index is 0.171. The van der Waals surface area contributed by atoms with Crippen LogP contribution in [0.15, 0.2) is 36.5 Å². The minimum atomic E-state index is -4.63. The average molecular weight is 761 g/mol. The number of phosphoric acid groups is 1. The number of esters is 2. The zero-order valence-electron chi connectivity index (χ0n) is 32.4. The van der Waals surface area contributed by atoms with E-state index < -0.39 is 57.9 Å². The normalized spacial score (nSPS) is 15.0. The topological polar surface area (TPSA) is 169 Å². The van der Waals surface area contributed by atoms with Gasteiger partial charge in [0.25, 0.3) is 0 Å². The zero-order chi connectivity index (χ0) is 38.5. The summed E-state index contributed by atoms with van der Waals surface area (Å²) >= 11 is 0. The average Bonchev–Trinajstić information content (AvgIpc) is 3.12. The van der Waals surface area contributed by atoms with Crippen LogP contribution in [-0.4, -0.2) is 76.9 Å². The van der Waals surface area contributed by atoms with E-state index in [1.165, 1.54) is 57.8 Å². The molecule has 0 aliphatic carbocycles. The van der Waals surface area contributed by atoms with Gasteiger partial charge < -0.3 is 29.7 Å². The van der Waals surface area contributed by atoms with Gasteiger partial charge in [0.15, 0.2) is 6.10 Å². The first-order valence-corrected chi connectivity index (χ1v) is 21.5. The molecule has 4 atom stereocenters. The molecule has 12 heteroatoms. The van der Waals surface area contributed by atoms with Crippen molar-refractivity contribution < 1.29 is 52.9 Å². The summed E-state index contributed by atoms with van der Waals surface area (Å²) in [6.45, 7) is 2.12. The van der Waals surface area contributed by atoms with Gasteiger partial charge in [-0.15, -0.1) is 0 Å². The second kappa shape index (κ2) is 36.1. The molecule has 304 valence electrons. The lowest BCUT2D eigenvalue weighted by molar-refractivity contribution is -0.161. The number of hydrogen-bond donors (Lipinski definition) is 4. The maximum Gasteiger partial charge on any atom is 0.472 e. The van der Waals surface area contributed by atoms with Gasteiger partial charge in [-0.2, -0.15) is 0 Å². The lowest BCUT2D eigenvalue weighted by atomic mass is 10.0. The molecule has 0 spiro atoms. The Balaban J connectivity index is 4.40. The number of aliphatic hydroxyl groups excluding tert-OH is 3. The zero-order valence-corrected chi connectivity index (χ0v) is 33.3. The number of ether oxygens (including phenoxy) is 2. The fraction of sp³-hybridized carbons (Fsp3) is 0.800. The van der Waals surface area contributed by atoms with Gasteiger partial charge >= 0.3 is 19.8 Å². The molecule has 52 heavy (non-hydrogen) atoms. The summed E-state index contributed by atoms with van der Waals surface area (Å²) in [5, 5.41) is 28.1. The van der Waals surface area contributed by atoms with Crippen molar-refractivity contribution in [2.75, 3.05) is 26.4 Å². The van der Waals surface area contributed by atoms with Gasteiger partial charge in [0.1, 0.15) is 12.7 Å². The molecule has 0 saturated carbocycles. The molecule has 11 nitrogen and oxygen atoms in total. The predicted molar refractivity (Wildman–Crippen MR) is 207 cm³/mol. The third kappa shape index (κ3) is 35.2. The van der Waals surface area contributed by atoms with Crippen LogP contribution in [0.5, 0.6) is 0 Å². The highest BCUT2D eigenvalue weighted by molar-refractivity contribution is 7.47. The maximum atomic E-state index is 12.6. The van der Waals surface area contributed by atoms with E-state index in [9.17, 15) is 29.3 Å². The van der Waals surface area contributed by atoms with Gasteiger partial charge in [-0.05, 0) is 38.5 Å². The van der Waals surface area contributed by atoms with Gasteiger partial charge in [0.05, 0.1) is 25.9 Å². The maximum absolute atomic E-state index is 12.6. The fourth-order valence-corrected chi connectivity index (χ4v) is 6.05. The first kappa shape index (κ1) is 50.1. The van der Waals surface area contributed by atoms with E-state index in [2.05, 4.69) is 24.4 Å². The summed E-state index contributed by atoms with van der Waals surface area (Å²) in [6.07, 6.45) is 31.6. The standard InChI is InChI=1S/C40H73O11P/c1-3-5-7-8-9-10-11-12-13-16-20-23-27-31-40(45)51-38(35-50-52(46,47)49-33-37(43)32-41)34-48-39(44)30-26-22-19-17-14-15-18-21-25-29-36(42)28-24-6-4-2/h6,18,21,24-25,29,36-38,41-43H,3-5,7-17,19-20,22-23,26-28,30-35H2,1-2H3,(H,46,47)/b21-18+,24-6+,29-25+/t36?,37-,38+/m0/s1. The molecule has 0 aromatic rings. The SMILES string of the molecule is CC/C=C/CC(O)/C=C/C=C/CCCCCCCC(=O)OC[C@H](COP(=O)(O)OC[C@@H](O)CO)OC(=O)CCCCCCCCCCCCCCC. The lowest BCUT2D eigenvalue weighted by Crippen LogP contribution is -2.29. The van der Waals surface area contributed by atoms with Crippen molar-refractivity contribution in [1.29, 1.82) is 0 Å². The molecule has 0 radical (unpaired) electrons. The first-order valence-electron chi connectivity index (χ1n) is 20.1. The second-order valence-electron chi connectivity index (χ2n) is 13.5. The molecule has 0 saturated heterocycles. The van der Waals surface area contributed by atoms with Crippen LogP contribution in [0.2, 0.25) is 0 Å². The number of hydrogen-bond acceptors (Lipinski definition) is 10. The molecular formula is C40H73O11P. The number of phosphoric ester groups is 1. The molecule has 0 amide bonds. The van der Waals surface area contributed by atoms with E-state index in [-0.39, 0.29) is 19.4 Å². The molecule has 2 unspecified atom stereocenters. The number of allylic oxidation sites excluding steroid dienone is 4. The van der Waals surface area contributed by atoms with Gasteiger partial charge in [-0.1, -0.05) is 147 Å². The Hall–Kier alpha value is -1.85. The summed E-state index contributed by atoms with van der Waals surface area (Å²) in [5.74, 6) is -0.977.